The fourth-order valence-corrected chi connectivity index (χ4v) is 3.19. The van der Waals surface area contributed by atoms with Crippen LogP contribution in [0.15, 0.2) is 0 Å². The summed E-state index contributed by atoms with van der Waals surface area (Å²) in [5.74, 6) is 0.646. The Labute approximate surface area is 138 Å². The number of nitriles is 2. The molecule has 0 radical (unpaired) electrons. The van der Waals surface area contributed by atoms with Crippen molar-refractivity contribution >= 4 is 23.5 Å². The van der Waals surface area contributed by atoms with Gasteiger partial charge in [0.2, 0.25) is 0 Å². The number of nitrogens with two attached hydrogens (primary N) is 1. The van der Waals surface area contributed by atoms with Crippen LogP contribution in [0.1, 0.15) is 41.9 Å². The van der Waals surface area contributed by atoms with E-state index in [0.717, 1.165) is 12.8 Å². The van der Waals surface area contributed by atoms with Gasteiger partial charge < -0.3 is 15.4 Å². The van der Waals surface area contributed by atoms with Gasteiger partial charge in [0.15, 0.2) is 0 Å². The Balaban J connectivity index is 1.99. The highest BCUT2D eigenvalue weighted by atomic mass is 35.5. The van der Waals surface area contributed by atoms with Crippen molar-refractivity contribution < 1.29 is 9.53 Å². The minimum absolute atomic E-state index is 0.114. The van der Waals surface area contributed by atoms with Crippen molar-refractivity contribution in [2.75, 3.05) is 18.0 Å². The summed E-state index contributed by atoms with van der Waals surface area (Å²) in [6.07, 6.45) is 1.33. The highest BCUT2D eigenvalue weighted by Crippen LogP contribution is 2.46. The molecule has 0 unspecified atom stereocenters. The quantitative estimate of drug-likeness (QED) is 0.847. The predicted molar refractivity (Wildman–Crippen MR) is 81.9 cm³/mol. The Morgan fingerprint density at radius 1 is 1.30 bits per heavy atom. The maximum Gasteiger partial charge on any atom is 0.404 e. The summed E-state index contributed by atoms with van der Waals surface area (Å²) < 4.78 is 5.00. The summed E-state index contributed by atoms with van der Waals surface area (Å²) in [5, 5.41) is 19.0. The molecule has 1 aromatic rings. The summed E-state index contributed by atoms with van der Waals surface area (Å²) >= 11 is 6.16. The molecule has 1 aliphatic heterocycles. The van der Waals surface area contributed by atoms with Crippen LogP contribution in [0.2, 0.25) is 5.15 Å². The molecule has 2 aliphatic rings. The van der Waals surface area contributed by atoms with E-state index in [9.17, 15) is 15.3 Å². The fourth-order valence-electron chi connectivity index (χ4n) is 2.97. The van der Waals surface area contributed by atoms with Crippen LogP contribution < -0.4 is 10.6 Å². The molecule has 23 heavy (non-hydrogen) atoms. The smallest absolute Gasteiger partial charge is 0.404 e. The molecule has 0 aromatic carbocycles. The second-order valence-corrected chi connectivity index (χ2v) is 6.04. The lowest BCUT2D eigenvalue weighted by Gasteiger charge is -2.21. The topological polar surface area (TPSA) is 116 Å². The molecule has 2 fully saturated rings. The van der Waals surface area contributed by atoms with Gasteiger partial charge in [-0.2, -0.15) is 10.5 Å². The minimum Gasteiger partial charge on any atom is -0.444 e. The maximum absolute atomic E-state index is 10.9. The van der Waals surface area contributed by atoms with Gasteiger partial charge in [-0.3, -0.25) is 0 Å². The van der Waals surface area contributed by atoms with E-state index in [2.05, 4.69) is 17.1 Å². The second-order valence-electron chi connectivity index (χ2n) is 5.68. The number of aromatic nitrogens is 1. The first-order valence-corrected chi connectivity index (χ1v) is 7.67. The zero-order chi connectivity index (χ0) is 16.6. The molecule has 1 saturated heterocycles. The predicted octanol–water partition coefficient (Wildman–Crippen LogP) is 2.03. The molecule has 1 amide bonds. The van der Waals surface area contributed by atoms with Crippen LogP contribution in [0.5, 0.6) is 0 Å². The lowest BCUT2D eigenvalue weighted by Crippen LogP contribution is -2.28. The summed E-state index contributed by atoms with van der Waals surface area (Å²) in [4.78, 5) is 17.0. The molecule has 3 rings (SSSR count). The third kappa shape index (κ3) is 2.88. The number of halogens is 1. The van der Waals surface area contributed by atoms with E-state index in [1.165, 1.54) is 0 Å². The van der Waals surface area contributed by atoms with Crippen LogP contribution in [-0.4, -0.2) is 30.3 Å². The molecule has 0 bridgehead atoms. The lowest BCUT2D eigenvalue weighted by molar-refractivity contribution is 0.117. The third-order valence-corrected chi connectivity index (χ3v) is 4.38. The van der Waals surface area contributed by atoms with Gasteiger partial charge in [0, 0.05) is 13.0 Å². The van der Waals surface area contributed by atoms with Crippen molar-refractivity contribution in [1.29, 1.82) is 10.5 Å². The maximum atomic E-state index is 10.9. The van der Waals surface area contributed by atoms with Gasteiger partial charge >= 0.3 is 6.09 Å². The van der Waals surface area contributed by atoms with Gasteiger partial charge in [0.1, 0.15) is 29.2 Å². The Bertz CT molecular complexity index is 748. The van der Waals surface area contributed by atoms with E-state index in [-0.39, 0.29) is 17.2 Å². The number of nitrogens with zero attached hydrogens (tertiary/aromatic N) is 4. The summed E-state index contributed by atoms with van der Waals surface area (Å²) in [6.45, 7) is 0.975. The van der Waals surface area contributed by atoms with Crippen molar-refractivity contribution in [1.82, 2.24) is 4.98 Å². The molecule has 1 aliphatic carbocycles. The summed E-state index contributed by atoms with van der Waals surface area (Å²) in [6, 6.07) is 4.24. The van der Waals surface area contributed by atoms with E-state index >= 15 is 0 Å². The van der Waals surface area contributed by atoms with Gasteiger partial charge in [-0.1, -0.05) is 11.6 Å². The van der Waals surface area contributed by atoms with Crippen LogP contribution in [0.3, 0.4) is 0 Å². The van der Waals surface area contributed by atoms with Gasteiger partial charge in [-0.25, -0.2) is 9.78 Å². The van der Waals surface area contributed by atoms with Crippen LogP contribution >= 0.6 is 11.6 Å². The molecular formula is C15H14ClN5O2. The highest BCUT2D eigenvalue weighted by molar-refractivity contribution is 6.30. The van der Waals surface area contributed by atoms with E-state index in [1.807, 2.05) is 4.90 Å². The molecule has 2 N–H and O–H groups in total. The van der Waals surface area contributed by atoms with Crippen LogP contribution in [0.25, 0.3) is 0 Å². The molecule has 7 nitrogen and oxygen atoms in total. The number of hydrogen-bond donors (Lipinski definition) is 1. The number of carbonyl (C=O) groups is 1. The summed E-state index contributed by atoms with van der Waals surface area (Å²) in [5.41, 5.74) is 6.43. The Hall–Kier alpha value is -2.51. The van der Waals surface area contributed by atoms with Crippen molar-refractivity contribution in [3.63, 3.8) is 0 Å². The zero-order valence-electron chi connectivity index (χ0n) is 12.3. The first-order valence-electron chi connectivity index (χ1n) is 7.29. The monoisotopic (exact) mass is 331 g/mol. The molecule has 1 atom stereocenters. The molecule has 0 spiro atoms. The Morgan fingerprint density at radius 2 is 2.00 bits per heavy atom. The van der Waals surface area contributed by atoms with E-state index in [4.69, 9.17) is 22.1 Å². The molecule has 2 heterocycles. The molecule has 1 aromatic heterocycles. The van der Waals surface area contributed by atoms with Gasteiger partial charge in [0.25, 0.3) is 0 Å². The molecule has 1 saturated carbocycles. The lowest BCUT2D eigenvalue weighted by atomic mass is 10.00. The SMILES string of the molecule is N#Cc1c(Cl)nc(N2CC[C@H](OC(N)=O)C2)c(C#N)c1C1CC1. The number of anilines is 1. The standard InChI is InChI=1S/C15H14ClN5O2/c16-13-10(5-17)12(8-1-2-8)11(6-18)14(20-13)21-4-3-9(7-21)23-15(19)22/h8-9H,1-4,7H2,(H2,19,22)/t9-/m0/s1. The van der Waals surface area contributed by atoms with Crippen molar-refractivity contribution in [2.45, 2.75) is 31.3 Å². The van der Waals surface area contributed by atoms with Crippen LogP contribution in [0, 0.1) is 22.7 Å². The van der Waals surface area contributed by atoms with Gasteiger partial charge in [-0.15, -0.1) is 0 Å². The number of carbonyl (C=O) groups excluding carboxylic acids is 1. The Morgan fingerprint density at radius 3 is 2.57 bits per heavy atom. The molecule has 118 valence electrons. The third-order valence-electron chi connectivity index (χ3n) is 4.11. The first kappa shape index (κ1) is 15.4. The van der Waals surface area contributed by atoms with Crippen LogP contribution in [0.4, 0.5) is 10.6 Å². The number of rotatable bonds is 3. The molecular weight excluding hydrogens is 318 g/mol. The average molecular weight is 332 g/mol. The van der Waals surface area contributed by atoms with Crippen molar-refractivity contribution in [2.24, 2.45) is 5.73 Å². The fraction of sp³-hybridized carbons (Fsp3) is 0.467. The number of pyridine rings is 1. The minimum atomic E-state index is -0.818. The van der Waals surface area contributed by atoms with E-state index < -0.39 is 6.09 Å². The van der Waals surface area contributed by atoms with Gasteiger partial charge in [-0.05, 0) is 24.3 Å². The van der Waals surface area contributed by atoms with Crippen molar-refractivity contribution in [3.05, 3.63) is 21.8 Å². The van der Waals surface area contributed by atoms with Gasteiger partial charge in [0.05, 0.1) is 17.7 Å². The number of hydrogen-bond acceptors (Lipinski definition) is 6. The Kier molecular flexibility index (Phi) is 3.97. The zero-order valence-corrected chi connectivity index (χ0v) is 13.0. The van der Waals surface area contributed by atoms with E-state index in [0.29, 0.717) is 42.0 Å². The van der Waals surface area contributed by atoms with Crippen molar-refractivity contribution in [3.8, 4) is 12.1 Å². The second kappa shape index (κ2) is 5.94. The number of primary amides is 1. The first-order chi connectivity index (χ1) is 11.0. The number of amides is 1. The highest BCUT2D eigenvalue weighted by Gasteiger charge is 2.35. The number of ether oxygens (including phenoxy) is 1. The van der Waals surface area contributed by atoms with E-state index in [1.54, 1.807) is 0 Å². The summed E-state index contributed by atoms with van der Waals surface area (Å²) in [7, 11) is 0. The largest absolute Gasteiger partial charge is 0.444 e. The average Bonchev–Trinajstić information content (AvgIpc) is 3.25. The van der Waals surface area contributed by atoms with Crippen LogP contribution in [-0.2, 0) is 4.74 Å². The normalized spacial score (nSPS) is 20.0. The molecule has 8 heteroatoms.